The number of piperidine rings is 1. The van der Waals surface area contributed by atoms with Gasteiger partial charge in [-0.25, -0.2) is 12.5 Å². The molecule has 18 nitrogen and oxygen atoms in total. The van der Waals surface area contributed by atoms with Gasteiger partial charge in [-0.2, -0.15) is 25.3 Å². The minimum atomic E-state index is -5.12. The summed E-state index contributed by atoms with van der Waals surface area (Å²) in [5, 5.41) is 23.2. The highest BCUT2D eigenvalue weighted by Crippen LogP contribution is 2.43. The van der Waals surface area contributed by atoms with Crippen LogP contribution in [0.3, 0.4) is 0 Å². The van der Waals surface area contributed by atoms with Crippen LogP contribution in [0.4, 0.5) is 0 Å². The van der Waals surface area contributed by atoms with Gasteiger partial charge in [0.15, 0.2) is 0 Å². The quantitative estimate of drug-likeness (QED) is 0.0296. The number of aromatic hydroxyl groups is 2. The Hall–Kier alpha value is -2.63. The predicted molar refractivity (Wildman–Crippen MR) is 230 cm³/mol. The number of nitrogens with one attached hydrogen (secondary N) is 1. The topological polar surface area (TPSA) is 281 Å². The lowest BCUT2D eigenvalue weighted by molar-refractivity contribution is -0.142. The highest BCUT2D eigenvalue weighted by Gasteiger charge is 2.41. The normalized spacial score (nSPS) is 18.5. The summed E-state index contributed by atoms with van der Waals surface area (Å²) in [6, 6.07) is 2.05. The summed E-state index contributed by atoms with van der Waals surface area (Å²) < 4.78 is 113. The van der Waals surface area contributed by atoms with Crippen LogP contribution in [-0.2, 0) is 59.8 Å². The molecular weight excluding hydrogens is 873 g/mol. The van der Waals surface area contributed by atoms with Crippen molar-refractivity contribution in [1.29, 1.82) is 0 Å². The number of carbonyl (C=O) groups excluding carboxylic acids is 2. The van der Waals surface area contributed by atoms with E-state index in [2.05, 4.69) is 12.2 Å². The maximum atomic E-state index is 13.2. The molecule has 5 atom stereocenters. The Morgan fingerprint density at radius 2 is 1.18 bits per heavy atom. The molecule has 2 amide bonds. The molecule has 2 aliphatic heterocycles. The maximum Gasteiger partial charge on any atom is 0.397 e. The Bertz CT molecular complexity index is 1860. The van der Waals surface area contributed by atoms with Gasteiger partial charge in [-0.1, -0.05) is 116 Å². The molecule has 4 unspecified atom stereocenters. The van der Waals surface area contributed by atoms with Gasteiger partial charge in [0.25, 0.3) is 0 Å². The van der Waals surface area contributed by atoms with Gasteiger partial charge in [0.05, 0.1) is 12.1 Å². The van der Waals surface area contributed by atoms with Crippen LogP contribution >= 0.6 is 0 Å². The molecule has 21 heteroatoms. The largest absolute Gasteiger partial charge is 0.508 e. The minimum Gasteiger partial charge on any atom is -0.508 e. The third-order valence-electron chi connectivity index (χ3n) is 11.7. The van der Waals surface area contributed by atoms with Gasteiger partial charge in [0, 0.05) is 24.6 Å². The molecule has 0 bridgehead atoms. The maximum absolute atomic E-state index is 13.2. The molecule has 1 fully saturated rings. The molecule has 3 rings (SSSR count). The first kappa shape index (κ1) is 53.7. The number of rotatable bonds is 33. The molecule has 2 aliphatic rings. The van der Waals surface area contributed by atoms with Crippen molar-refractivity contribution in [3.8, 4) is 11.5 Å². The summed E-state index contributed by atoms with van der Waals surface area (Å²) in [4.78, 5) is 27.6. The zero-order valence-electron chi connectivity index (χ0n) is 36.0. The average Bonchev–Trinajstić information content (AvgIpc) is 3.16. The molecule has 358 valence electrons. The van der Waals surface area contributed by atoms with Gasteiger partial charge in [-0.05, 0) is 63.0 Å². The molecule has 0 saturated carbocycles. The van der Waals surface area contributed by atoms with Gasteiger partial charge >= 0.3 is 31.2 Å². The van der Waals surface area contributed by atoms with Gasteiger partial charge in [0.1, 0.15) is 29.7 Å². The van der Waals surface area contributed by atoms with E-state index in [0.717, 1.165) is 89.0 Å². The van der Waals surface area contributed by atoms with Crippen molar-refractivity contribution >= 4 is 43.0 Å². The molecule has 6 N–H and O–H groups in total. The lowest BCUT2D eigenvalue weighted by Gasteiger charge is -2.43. The second-order valence-electron chi connectivity index (χ2n) is 16.7. The fourth-order valence-corrected chi connectivity index (χ4v) is 10.3. The Morgan fingerprint density at radius 1 is 0.677 bits per heavy atom. The van der Waals surface area contributed by atoms with Crippen molar-refractivity contribution in [2.75, 3.05) is 6.54 Å². The Labute approximate surface area is 368 Å². The predicted octanol–water partition coefficient (Wildman–Crippen LogP) is 7.36. The summed E-state index contributed by atoms with van der Waals surface area (Å²) in [5.41, 5.74) is 1.51. The molecule has 0 aliphatic carbocycles. The van der Waals surface area contributed by atoms with Crippen molar-refractivity contribution < 1.29 is 71.3 Å². The number of carbonyl (C=O) groups is 2. The fourth-order valence-electron chi connectivity index (χ4n) is 8.66. The number of nitrogens with zero attached hydrogens (tertiary/aromatic N) is 1. The highest BCUT2D eigenvalue weighted by molar-refractivity contribution is 7.81. The molecule has 0 radical (unpaired) electrons. The Balaban J connectivity index is 1.32. The van der Waals surface area contributed by atoms with Gasteiger partial charge in [0.2, 0.25) is 11.8 Å². The first-order chi connectivity index (χ1) is 29.3. The van der Waals surface area contributed by atoms with Crippen LogP contribution in [0, 0.1) is 0 Å². The van der Waals surface area contributed by atoms with Gasteiger partial charge in [-0.15, -0.1) is 0 Å². The van der Waals surface area contributed by atoms with Crippen molar-refractivity contribution in [2.24, 2.45) is 0 Å². The lowest BCUT2D eigenvalue weighted by atomic mass is 9.84. The number of benzene rings is 1. The number of amides is 2. The smallest absolute Gasteiger partial charge is 0.397 e. The van der Waals surface area contributed by atoms with E-state index < -0.39 is 55.6 Å². The number of phenolic OH excluding ortho intramolecular Hbond substituents is 2. The van der Waals surface area contributed by atoms with E-state index in [1.54, 1.807) is 11.0 Å². The van der Waals surface area contributed by atoms with Crippen LogP contribution in [0.1, 0.15) is 185 Å². The van der Waals surface area contributed by atoms with Crippen molar-refractivity contribution in [1.82, 2.24) is 10.2 Å². The van der Waals surface area contributed by atoms with E-state index in [1.165, 1.54) is 6.07 Å². The SMILES string of the molecule is CCCCCCCCCCC(OS(=O)(=O)O)C(CCC(CCCCCCCCCCCCC(=O)NC1CC[C@H]2c3c(O)cc(O)cc3CCN2C1=O)OS(=O)(=O)O)OS(=O)(=O)O. The lowest BCUT2D eigenvalue weighted by Crippen LogP contribution is -2.54. The first-order valence-corrected chi connectivity index (χ1v) is 26.5. The van der Waals surface area contributed by atoms with E-state index in [4.69, 9.17) is 12.5 Å². The molecule has 1 saturated heterocycles. The molecule has 2 heterocycles. The van der Waals surface area contributed by atoms with E-state index >= 15 is 0 Å². The van der Waals surface area contributed by atoms with E-state index in [9.17, 15) is 58.7 Å². The van der Waals surface area contributed by atoms with Gasteiger partial charge < -0.3 is 20.4 Å². The zero-order chi connectivity index (χ0) is 45.8. The van der Waals surface area contributed by atoms with Crippen LogP contribution in [0.2, 0.25) is 0 Å². The molecule has 0 aromatic heterocycles. The third kappa shape index (κ3) is 21.4. The first-order valence-electron chi connectivity index (χ1n) is 22.4. The summed E-state index contributed by atoms with van der Waals surface area (Å²) in [6.07, 6.45) is 12.9. The second-order valence-corrected chi connectivity index (χ2v) is 19.9. The standard InChI is InChI=1S/C41H70N2O16S3/c1-2-3-4-5-6-12-15-18-21-37(58-61(51,52)53)38(59-62(54,55)56)26-23-33(57-60(48,49)50)20-17-14-11-9-7-8-10-13-16-19-22-39(46)42-34-24-25-35-40-31(27-28-43(35)41(34)47)29-32(44)30-36(40)45/h29-30,33-35,37-38,44-45H,2-28H2,1H3,(H,42,46)(H,48,49,50)(H,51,52,53)(H,54,55,56)/t33?,34?,35-,37?,38?/m0/s1. The van der Waals surface area contributed by atoms with Crippen LogP contribution in [-0.4, -0.2) is 96.7 Å². The van der Waals surface area contributed by atoms with Crippen molar-refractivity contribution in [3.05, 3.63) is 23.3 Å². The van der Waals surface area contributed by atoms with Crippen LogP contribution in [0.15, 0.2) is 12.1 Å². The molecule has 1 aromatic carbocycles. The van der Waals surface area contributed by atoms with Crippen LogP contribution < -0.4 is 5.32 Å². The number of unbranched alkanes of at least 4 members (excludes halogenated alkanes) is 16. The summed E-state index contributed by atoms with van der Waals surface area (Å²) in [5.74, 6) is -0.339. The third-order valence-corrected chi connectivity index (χ3v) is 13.2. The van der Waals surface area contributed by atoms with Crippen molar-refractivity contribution in [2.45, 2.75) is 204 Å². The van der Waals surface area contributed by atoms with E-state index in [-0.39, 0.29) is 55.0 Å². The van der Waals surface area contributed by atoms with Crippen LogP contribution in [0.5, 0.6) is 11.5 Å². The average molecular weight is 943 g/mol. The fraction of sp³-hybridized carbons (Fsp3) is 0.805. The summed E-state index contributed by atoms with van der Waals surface area (Å²) >= 11 is 0. The zero-order valence-corrected chi connectivity index (χ0v) is 38.5. The van der Waals surface area contributed by atoms with E-state index in [1.807, 2.05) is 0 Å². The Kier molecular flexibility index (Phi) is 23.4. The summed E-state index contributed by atoms with van der Waals surface area (Å²) in [7, 11) is -15.1. The molecule has 0 spiro atoms. The summed E-state index contributed by atoms with van der Waals surface area (Å²) in [6.45, 7) is 2.57. The second kappa shape index (κ2) is 27.0. The van der Waals surface area contributed by atoms with Crippen molar-refractivity contribution in [3.63, 3.8) is 0 Å². The molecule has 1 aromatic rings. The van der Waals surface area contributed by atoms with Crippen LogP contribution in [0.25, 0.3) is 0 Å². The number of hydrogen-bond donors (Lipinski definition) is 6. The van der Waals surface area contributed by atoms with Gasteiger partial charge in [-0.3, -0.25) is 23.2 Å². The highest BCUT2D eigenvalue weighted by atomic mass is 32.3. The monoisotopic (exact) mass is 942 g/mol. The Morgan fingerprint density at radius 3 is 1.73 bits per heavy atom. The van der Waals surface area contributed by atoms with E-state index in [0.29, 0.717) is 69.9 Å². The molecular formula is C41H70N2O16S3. The number of phenols is 2. The molecule has 62 heavy (non-hydrogen) atoms. The number of hydrogen-bond acceptors (Lipinski definition) is 13. The minimum absolute atomic E-state index is 0.00731. The number of fused-ring (bicyclic) bond motifs is 3.